The second-order valence-electron chi connectivity index (χ2n) is 6.75. The number of carbonyl (C=O) groups excluding carboxylic acids is 1. The number of hydrogen-bond acceptors (Lipinski definition) is 4. The van der Waals surface area contributed by atoms with E-state index in [2.05, 4.69) is 27.1 Å². The van der Waals surface area contributed by atoms with Gasteiger partial charge < -0.3 is 19.9 Å². The number of halogens is 1. The molecule has 1 aliphatic rings. The minimum Gasteiger partial charge on any atom is -0.375 e. The topological polar surface area (TPSA) is 70.2 Å². The number of fused-ring (bicyclic) bond motifs is 1. The van der Waals surface area contributed by atoms with E-state index in [1.165, 1.54) is 0 Å². The van der Waals surface area contributed by atoms with Gasteiger partial charge in [-0.1, -0.05) is 17.7 Å². The molecule has 4 rings (SSSR count). The Morgan fingerprint density at radius 2 is 2.26 bits per heavy atom. The molecule has 6 nitrogen and oxygen atoms in total. The molecule has 140 valence electrons. The van der Waals surface area contributed by atoms with Crippen molar-refractivity contribution in [2.45, 2.75) is 19.6 Å². The summed E-state index contributed by atoms with van der Waals surface area (Å²) in [5.41, 5.74) is 2.35. The van der Waals surface area contributed by atoms with E-state index in [0.29, 0.717) is 17.3 Å². The number of ether oxygens (including phenoxy) is 1. The molecular formula is C20H21ClN4O2. The van der Waals surface area contributed by atoms with Gasteiger partial charge in [0, 0.05) is 41.8 Å². The molecule has 0 radical (unpaired) electrons. The molecule has 1 atom stereocenters. The molecule has 0 aliphatic carbocycles. The molecule has 0 bridgehead atoms. The van der Waals surface area contributed by atoms with Crippen LogP contribution in [-0.2, 0) is 11.3 Å². The van der Waals surface area contributed by atoms with Gasteiger partial charge in [0.2, 0.25) is 0 Å². The first-order chi connectivity index (χ1) is 13.1. The van der Waals surface area contributed by atoms with Crippen LogP contribution in [0.25, 0.3) is 10.9 Å². The predicted octanol–water partition coefficient (Wildman–Crippen LogP) is 3.37. The maximum Gasteiger partial charge on any atom is 0.267 e. The van der Waals surface area contributed by atoms with Gasteiger partial charge in [-0.05, 0) is 42.8 Å². The smallest absolute Gasteiger partial charge is 0.267 e. The molecule has 1 saturated heterocycles. The van der Waals surface area contributed by atoms with Gasteiger partial charge in [0.05, 0.1) is 12.7 Å². The first-order valence-corrected chi connectivity index (χ1v) is 9.34. The average Bonchev–Trinajstić information content (AvgIpc) is 3.10. The van der Waals surface area contributed by atoms with E-state index in [0.717, 1.165) is 42.0 Å². The van der Waals surface area contributed by atoms with Crippen molar-refractivity contribution < 1.29 is 9.53 Å². The van der Waals surface area contributed by atoms with Gasteiger partial charge >= 0.3 is 0 Å². The van der Waals surface area contributed by atoms with Gasteiger partial charge in [-0.3, -0.25) is 4.79 Å². The van der Waals surface area contributed by atoms with E-state index < -0.39 is 0 Å². The minimum absolute atomic E-state index is 0.159. The summed E-state index contributed by atoms with van der Waals surface area (Å²) in [6.07, 6.45) is 2.02. The van der Waals surface area contributed by atoms with Crippen molar-refractivity contribution in [1.29, 1.82) is 0 Å². The van der Waals surface area contributed by atoms with Crippen molar-refractivity contribution in [1.82, 2.24) is 15.3 Å². The summed E-state index contributed by atoms with van der Waals surface area (Å²) >= 11 is 5.99. The molecule has 3 heterocycles. The Balaban J connectivity index is 1.38. The standard InChI is InChI=1S/C20H21ClN4O2/c1-13-12-25(6-7-27-13)19-5-2-14(10-22-19)11-23-20(26)18-9-15-8-16(21)3-4-17(15)24-18/h2-5,8-10,13,24H,6-7,11-12H2,1H3,(H,23,26). The van der Waals surface area contributed by atoms with Crippen LogP contribution in [0.2, 0.25) is 5.02 Å². The van der Waals surface area contributed by atoms with Crippen LogP contribution in [-0.4, -0.2) is 41.7 Å². The molecule has 0 spiro atoms. The highest BCUT2D eigenvalue weighted by Gasteiger charge is 2.17. The molecular weight excluding hydrogens is 364 g/mol. The van der Waals surface area contributed by atoms with Gasteiger partial charge in [0.25, 0.3) is 5.91 Å². The van der Waals surface area contributed by atoms with Gasteiger partial charge in [0.1, 0.15) is 11.5 Å². The average molecular weight is 385 g/mol. The highest BCUT2D eigenvalue weighted by Crippen LogP contribution is 2.20. The molecule has 27 heavy (non-hydrogen) atoms. The zero-order chi connectivity index (χ0) is 18.8. The van der Waals surface area contributed by atoms with Crippen molar-refractivity contribution in [2.75, 3.05) is 24.6 Å². The maximum atomic E-state index is 12.4. The molecule has 2 aromatic heterocycles. The van der Waals surface area contributed by atoms with Crippen LogP contribution in [0.5, 0.6) is 0 Å². The van der Waals surface area contributed by atoms with Gasteiger partial charge in [-0.25, -0.2) is 4.98 Å². The van der Waals surface area contributed by atoms with Crippen LogP contribution in [0.4, 0.5) is 5.82 Å². The van der Waals surface area contributed by atoms with E-state index in [4.69, 9.17) is 16.3 Å². The summed E-state index contributed by atoms with van der Waals surface area (Å²) < 4.78 is 5.56. The summed E-state index contributed by atoms with van der Waals surface area (Å²) in [6, 6.07) is 11.3. The summed E-state index contributed by atoms with van der Waals surface area (Å²) in [5.74, 6) is 0.779. The van der Waals surface area contributed by atoms with Crippen LogP contribution >= 0.6 is 11.6 Å². The zero-order valence-electron chi connectivity index (χ0n) is 15.0. The Morgan fingerprint density at radius 3 is 3.04 bits per heavy atom. The summed E-state index contributed by atoms with van der Waals surface area (Å²) in [7, 11) is 0. The van der Waals surface area contributed by atoms with Crippen LogP contribution in [0.3, 0.4) is 0 Å². The number of carbonyl (C=O) groups is 1. The lowest BCUT2D eigenvalue weighted by atomic mass is 10.2. The Labute approximate surface area is 162 Å². The predicted molar refractivity (Wildman–Crippen MR) is 106 cm³/mol. The monoisotopic (exact) mass is 384 g/mol. The van der Waals surface area contributed by atoms with E-state index in [1.807, 2.05) is 24.3 Å². The van der Waals surface area contributed by atoms with Crippen molar-refractivity contribution >= 4 is 34.2 Å². The van der Waals surface area contributed by atoms with Crippen molar-refractivity contribution in [2.24, 2.45) is 0 Å². The van der Waals surface area contributed by atoms with Crippen LogP contribution in [0.15, 0.2) is 42.6 Å². The van der Waals surface area contributed by atoms with E-state index in [9.17, 15) is 4.79 Å². The summed E-state index contributed by atoms with van der Waals surface area (Å²) in [4.78, 5) is 22.3. The number of morpholine rings is 1. The fourth-order valence-corrected chi connectivity index (χ4v) is 3.42. The quantitative estimate of drug-likeness (QED) is 0.723. The maximum absolute atomic E-state index is 12.4. The number of amides is 1. The van der Waals surface area contributed by atoms with Crippen molar-refractivity contribution in [3.63, 3.8) is 0 Å². The third kappa shape index (κ3) is 4.07. The Hall–Kier alpha value is -2.57. The largest absolute Gasteiger partial charge is 0.375 e. The third-order valence-electron chi connectivity index (χ3n) is 4.65. The lowest BCUT2D eigenvalue weighted by Crippen LogP contribution is -2.41. The molecule has 3 aromatic rings. The van der Waals surface area contributed by atoms with Crippen LogP contribution in [0, 0.1) is 0 Å². The number of H-pyrrole nitrogens is 1. The highest BCUT2D eigenvalue weighted by molar-refractivity contribution is 6.31. The van der Waals surface area contributed by atoms with Crippen molar-refractivity contribution in [3.05, 3.63) is 58.9 Å². The van der Waals surface area contributed by atoms with E-state index in [1.54, 1.807) is 18.3 Å². The summed E-state index contributed by atoms with van der Waals surface area (Å²) in [5, 5.41) is 4.48. The van der Waals surface area contributed by atoms with Gasteiger partial charge in [0.15, 0.2) is 0 Å². The third-order valence-corrected chi connectivity index (χ3v) is 4.89. The SMILES string of the molecule is CC1CN(c2ccc(CNC(=O)c3cc4cc(Cl)ccc4[nH]3)cn2)CCO1. The number of aromatic amines is 1. The highest BCUT2D eigenvalue weighted by atomic mass is 35.5. The number of nitrogens with one attached hydrogen (secondary N) is 2. The molecule has 7 heteroatoms. The van der Waals surface area contributed by atoms with E-state index in [-0.39, 0.29) is 12.0 Å². The molecule has 1 aromatic carbocycles. The number of rotatable bonds is 4. The second kappa shape index (κ2) is 7.58. The minimum atomic E-state index is -0.159. The number of benzene rings is 1. The summed E-state index contributed by atoms with van der Waals surface area (Å²) in [6.45, 7) is 4.89. The zero-order valence-corrected chi connectivity index (χ0v) is 15.8. The van der Waals surface area contributed by atoms with Crippen LogP contribution in [0.1, 0.15) is 23.0 Å². The fraction of sp³-hybridized carbons (Fsp3) is 0.300. The molecule has 2 N–H and O–H groups in total. The number of anilines is 1. The Bertz CT molecular complexity index is 954. The van der Waals surface area contributed by atoms with Gasteiger partial charge in [-0.15, -0.1) is 0 Å². The van der Waals surface area contributed by atoms with Gasteiger partial charge in [-0.2, -0.15) is 0 Å². The Morgan fingerprint density at radius 1 is 1.37 bits per heavy atom. The molecule has 1 unspecified atom stereocenters. The van der Waals surface area contributed by atoms with Crippen LogP contribution < -0.4 is 10.2 Å². The Kier molecular flexibility index (Phi) is 5.01. The number of nitrogens with zero attached hydrogens (tertiary/aromatic N) is 2. The lowest BCUT2D eigenvalue weighted by Gasteiger charge is -2.32. The van der Waals surface area contributed by atoms with E-state index >= 15 is 0 Å². The number of pyridine rings is 1. The first kappa shape index (κ1) is 17.8. The molecule has 1 aliphatic heterocycles. The first-order valence-electron chi connectivity index (χ1n) is 8.96. The van der Waals surface area contributed by atoms with Crippen molar-refractivity contribution in [3.8, 4) is 0 Å². The lowest BCUT2D eigenvalue weighted by molar-refractivity contribution is 0.0529. The molecule has 1 amide bonds. The number of hydrogen-bond donors (Lipinski definition) is 2. The molecule has 1 fully saturated rings. The fourth-order valence-electron chi connectivity index (χ4n) is 3.24. The number of aromatic nitrogens is 2. The molecule has 0 saturated carbocycles. The normalized spacial score (nSPS) is 17.3. The second-order valence-corrected chi connectivity index (χ2v) is 7.19.